The number of pyridine rings is 1. The molecule has 2 aromatic rings. The lowest BCUT2D eigenvalue weighted by Crippen LogP contribution is -2.41. The fourth-order valence-electron chi connectivity index (χ4n) is 2.36. The molecule has 0 radical (unpaired) electrons. The van der Waals surface area contributed by atoms with Gasteiger partial charge < -0.3 is 15.7 Å². The second kappa shape index (κ2) is 9.10. The van der Waals surface area contributed by atoms with Crippen LogP contribution < -0.4 is 10.6 Å². The molecule has 0 bridgehead atoms. The van der Waals surface area contributed by atoms with Gasteiger partial charge in [-0.1, -0.05) is 30.3 Å². The zero-order chi connectivity index (χ0) is 17.4. The van der Waals surface area contributed by atoms with Gasteiger partial charge in [0.05, 0.1) is 6.04 Å². The van der Waals surface area contributed by atoms with Gasteiger partial charge in [-0.25, -0.2) is 4.39 Å². The molecule has 5 nitrogen and oxygen atoms in total. The lowest BCUT2D eigenvalue weighted by Gasteiger charge is -2.22. The number of hydrogen-bond donors (Lipinski definition) is 3. The molecule has 1 amide bonds. The Hall–Kier alpha value is -2.31. The third-order valence-electron chi connectivity index (χ3n) is 3.74. The van der Waals surface area contributed by atoms with Crippen LogP contribution in [0, 0.1) is 0 Å². The molecule has 0 aliphatic carbocycles. The predicted octanol–water partition coefficient (Wildman–Crippen LogP) is 1.85. The van der Waals surface area contributed by atoms with Crippen molar-refractivity contribution < 1.29 is 14.3 Å². The average Bonchev–Trinajstić information content (AvgIpc) is 2.64. The Balaban J connectivity index is 2.04. The van der Waals surface area contributed by atoms with Crippen molar-refractivity contribution in [2.45, 2.75) is 18.6 Å². The summed E-state index contributed by atoms with van der Waals surface area (Å²) in [5, 5.41) is 15.7. The van der Waals surface area contributed by atoms with Crippen LogP contribution in [0.4, 0.5) is 4.39 Å². The number of hydrogen-bond acceptors (Lipinski definition) is 4. The number of rotatable bonds is 8. The molecule has 3 N–H and O–H groups in total. The summed E-state index contributed by atoms with van der Waals surface area (Å²) in [5.74, 6) is -0.293. The van der Waals surface area contributed by atoms with Gasteiger partial charge in [-0.15, -0.1) is 0 Å². The molecule has 0 spiro atoms. The second-order valence-corrected chi connectivity index (χ2v) is 5.49. The molecule has 1 aromatic carbocycles. The monoisotopic (exact) mass is 331 g/mol. The van der Waals surface area contributed by atoms with Gasteiger partial charge in [0.2, 0.25) is 5.91 Å². The van der Waals surface area contributed by atoms with Crippen molar-refractivity contribution in [1.82, 2.24) is 15.6 Å². The summed E-state index contributed by atoms with van der Waals surface area (Å²) in [6.07, 6.45) is 2.58. The summed E-state index contributed by atoms with van der Waals surface area (Å²) in [5.41, 5.74) is 2.47. The number of benzene rings is 1. The summed E-state index contributed by atoms with van der Waals surface area (Å²) in [7, 11) is 1.73. The minimum Gasteiger partial charge on any atom is -0.386 e. The van der Waals surface area contributed by atoms with Crippen LogP contribution in [-0.4, -0.2) is 42.3 Å². The summed E-state index contributed by atoms with van der Waals surface area (Å²) in [6.45, 7) is -0.336. The van der Waals surface area contributed by atoms with Crippen LogP contribution in [-0.2, 0) is 4.79 Å². The van der Waals surface area contributed by atoms with E-state index in [4.69, 9.17) is 0 Å². The number of nitrogens with zero attached hydrogens (tertiary/aromatic N) is 1. The average molecular weight is 331 g/mol. The Kier molecular flexibility index (Phi) is 6.84. The molecule has 0 saturated carbocycles. The molecule has 24 heavy (non-hydrogen) atoms. The first-order valence-electron chi connectivity index (χ1n) is 7.84. The Morgan fingerprint density at radius 1 is 1.25 bits per heavy atom. The molecule has 6 heteroatoms. The van der Waals surface area contributed by atoms with Crippen molar-refractivity contribution >= 4 is 5.91 Å². The third kappa shape index (κ3) is 4.84. The number of aromatic nitrogens is 1. The van der Waals surface area contributed by atoms with Crippen LogP contribution in [0.25, 0.3) is 11.1 Å². The van der Waals surface area contributed by atoms with E-state index in [1.807, 2.05) is 24.3 Å². The van der Waals surface area contributed by atoms with Crippen LogP contribution in [0.5, 0.6) is 0 Å². The quantitative estimate of drug-likeness (QED) is 0.690. The molecular weight excluding hydrogens is 309 g/mol. The largest absolute Gasteiger partial charge is 0.386 e. The molecular formula is C18H22FN3O2. The van der Waals surface area contributed by atoms with E-state index in [1.54, 1.807) is 31.6 Å². The molecule has 0 saturated heterocycles. The van der Waals surface area contributed by atoms with Crippen molar-refractivity contribution in [3.63, 3.8) is 0 Å². The SMILES string of the molecule is CNCCC(=O)NC(CF)C(O)c1ccc(-c2cccnc2)cc1. The number of halogens is 1. The lowest BCUT2D eigenvalue weighted by molar-refractivity contribution is -0.122. The summed E-state index contributed by atoms with van der Waals surface area (Å²) < 4.78 is 13.2. The highest BCUT2D eigenvalue weighted by molar-refractivity contribution is 5.76. The first-order chi connectivity index (χ1) is 11.7. The number of alkyl halides is 1. The van der Waals surface area contributed by atoms with Crippen LogP contribution in [0.1, 0.15) is 18.1 Å². The van der Waals surface area contributed by atoms with Crippen LogP contribution in [0.3, 0.4) is 0 Å². The third-order valence-corrected chi connectivity index (χ3v) is 3.74. The van der Waals surface area contributed by atoms with Gasteiger partial charge in [0.1, 0.15) is 12.8 Å². The number of carbonyl (C=O) groups excluding carboxylic acids is 1. The van der Waals surface area contributed by atoms with E-state index in [2.05, 4.69) is 15.6 Å². The van der Waals surface area contributed by atoms with E-state index in [0.29, 0.717) is 12.1 Å². The minimum atomic E-state index is -1.10. The molecule has 0 aliphatic heterocycles. The number of carbonyl (C=O) groups is 1. The number of amides is 1. The van der Waals surface area contributed by atoms with E-state index >= 15 is 0 Å². The van der Waals surface area contributed by atoms with Crippen molar-refractivity contribution in [3.05, 3.63) is 54.4 Å². The van der Waals surface area contributed by atoms with Crippen molar-refractivity contribution in [3.8, 4) is 11.1 Å². The molecule has 0 aliphatic rings. The number of aliphatic hydroxyl groups is 1. The summed E-state index contributed by atoms with van der Waals surface area (Å²) in [4.78, 5) is 15.8. The normalized spacial score (nSPS) is 13.3. The van der Waals surface area contributed by atoms with Crippen LogP contribution in [0.15, 0.2) is 48.8 Å². The van der Waals surface area contributed by atoms with Crippen molar-refractivity contribution in [2.24, 2.45) is 0 Å². The lowest BCUT2D eigenvalue weighted by atomic mass is 9.99. The Morgan fingerprint density at radius 3 is 2.58 bits per heavy atom. The summed E-state index contributed by atoms with van der Waals surface area (Å²) >= 11 is 0. The second-order valence-electron chi connectivity index (χ2n) is 5.49. The first-order valence-corrected chi connectivity index (χ1v) is 7.84. The highest BCUT2D eigenvalue weighted by Crippen LogP contribution is 2.23. The van der Waals surface area contributed by atoms with Gasteiger partial charge in [0, 0.05) is 25.4 Å². The zero-order valence-electron chi connectivity index (χ0n) is 13.6. The number of nitrogens with one attached hydrogen (secondary N) is 2. The maximum atomic E-state index is 13.2. The Morgan fingerprint density at radius 2 is 2.00 bits per heavy atom. The zero-order valence-corrected chi connectivity index (χ0v) is 13.6. The van der Waals surface area contributed by atoms with Gasteiger partial charge in [-0.3, -0.25) is 9.78 Å². The smallest absolute Gasteiger partial charge is 0.221 e. The molecule has 2 unspecified atom stereocenters. The van der Waals surface area contributed by atoms with Gasteiger partial charge in [0.25, 0.3) is 0 Å². The van der Waals surface area contributed by atoms with E-state index in [1.165, 1.54) is 0 Å². The minimum absolute atomic E-state index is 0.236. The van der Waals surface area contributed by atoms with E-state index in [-0.39, 0.29) is 12.3 Å². The van der Waals surface area contributed by atoms with Gasteiger partial charge in [-0.2, -0.15) is 0 Å². The highest BCUT2D eigenvalue weighted by atomic mass is 19.1. The van der Waals surface area contributed by atoms with Gasteiger partial charge >= 0.3 is 0 Å². The fourth-order valence-corrected chi connectivity index (χ4v) is 2.36. The molecule has 1 aromatic heterocycles. The predicted molar refractivity (Wildman–Crippen MR) is 91.1 cm³/mol. The Bertz CT molecular complexity index is 634. The Labute approximate surface area is 140 Å². The van der Waals surface area contributed by atoms with Crippen LogP contribution >= 0.6 is 0 Å². The van der Waals surface area contributed by atoms with Crippen molar-refractivity contribution in [2.75, 3.05) is 20.3 Å². The van der Waals surface area contributed by atoms with Gasteiger partial charge in [0.15, 0.2) is 0 Å². The topological polar surface area (TPSA) is 74.2 Å². The molecule has 128 valence electrons. The first kappa shape index (κ1) is 18.0. The van der Waals surface area contributed by atoms with Crippen molar-refractivity contribution in [1.29, 1.82) is 0 Å². The van der Waals surface area contributed by atoms with Gasteiger partial charge in [-0.05, 0) is 29.8 Å². The van der Waals surface area contributed by atoms with Crippen LogP contribution in [0.2, 0.25) is 0 Å². The maximum Gasteiger partial charge on any atom is 0.221 e. The number of aliphatic hydroxyl groups excluding tert-OH is 1. The molecule has 2 rings (SSSR count). The molecule has 1 heterocycles. The standard InChI is InChI=1S/C18H22FN3O2/c1-20-10-8-17(23)22-16(11-19)18(24)14-6-4-13(5-7-14)15-3-2-9-21-12-15/h2-7,9,12,16,18,20,24H,8,10-11H2,1H3,(H,22,23). The molecule has 2 atom stereocenters. The van der Waals surface area contributed by atoms with E-state index in [9.17, 15) is 14.3 Å². The maximum absolute atomic E-state index is 13.2. The molecule has 0 fully saturated rings. The van der Waals surface area contributed by atoms with E-state index in [0.717, 1.165) is 11.1 Å². The summed E-state index contributed by atoms with van der Waals surface area (Å²) in [6, 6.07) is 9.97. The highest BCUT2D eigenvalue weighted by Gasteiger charge is 2.22. The van der Waals surface area contributed by atoms with E-state index < -0.39 is 18.8 Å². The fraction of sp³-hybridized carbons (Fsp3) is 0.333.